The largest absolute Gasteiger partial charge is 0.472 e. The summed E-state index contributed by atoms with van der Waals surface area (Å²) in [7, 11) is -9.92. The Morgan fingerprint density at radius 3 is 0.584 bits per heavy atom. The number of carbonyl (C=O) groups is 4. The normalized spacial score (nSPS) is 13.8. The zero-order valence-corrected chi connectivity index (χ0v) is 67.7. The van der Waals surface area contributed by atoms with Crippen molar-refractivity contribution < 1.29 is 80.2 Å². The summed E-state index contributed by atoms with van der Waals surface area (Å²) in [6, 6.07) is 0. The second kappa shape index (κ2) is 76.3. The van der Waals surface area contributed by atoms with Gasteiger partial charge < -0.3 is 33.8 Å². The maximum Gasteiger partial charge on any atom is 0.472 e. The van der Waals surface area contributed by atoms with Gasteiger partial charge in [-0.1, -0.05) is 394 Å². The minimum absolute atomic E-state index is 0.109. The van der Waals surface area contributed by atoms with E-state index in [1.54, 1.807) is 0 Å². The lowest BCUT2D eigenvalue weighted by Crippen LogP contribution is -2.30. The van der Waals surface area contributed by atoms with E-state index in [9.17, 15) is 43.2 Å². The second-order valence-electron chi connectivity index (χ2n) is 29.5. The van der Waals surface area contributed by atoms with Gasteiger partial charge in [-0.15, -0.1) is 0 Å². The lowest BCUT2D eigenvalue weighted by atomic mass is 10.0. The van der Waals surface area contributed by atoms with Gasteiger partial charge in [-0.3, -0.25) is 37.3 Å². The maximum absolute atomic E-state index is 13.1. The Bertz CT molecular complexity index is 1910. The molecule has 0 aliphatic heterocycles. The number of phosphoric acid groups is 2. The SMILES string of the molecule is CCCCCCCCCCCCCCCCCCCCC(=O)OC[C@H](COP(=O)(O)OC[C@@H](O)COP(=O)(O)OC[C@@H](COC(=O)CCCCCCCCCCCCC)OC(=O)CCCCCCCCCCCCCCCC)OC(=O)CCCCCCCCCCCCCCCCCCCC. The number of aliphatic hydroxyl groups excluding tert-OH is 1. The lowest BCUT2D eigenvalue weighted by molar-refractivity contribution is -0.161. The molecule has 0 aromatic heterocycles. The van der Waals surface area contributed by atoms with Crippen molar-refractivity contribution in [2.24, 2.45) is 0 Å². The molecular formula is C82H160O17P2. The van der Waals surface area contributed by atoms with E-state index in [0.29, 0.717) is 25.7 Å². The Kier molecular flexibility index (Phi) is 74.8. The van der Waals surface area contributed by atoms with Gasteiger partial charge in [0.1, 0.15) is 19.3 Å². The molecule has 101 heavy (non-hydrogen) atoms. The third-order valence-electron chi connectivity index (χ3n) is 19.4. The molecule has 0 aliphatic rings. The molecule has 0 aliphatic carbocycles. The molecule has 0 saturated heterocycles. The van der Waals surface area contributed by atoms with Crippen LogP contribution in [-0.2, 0) is 65.4 Å². The van der Waals surface area contributed by atoms with Crippen LogP contribution in [0.15, 0.2) is 0 Å². The fourth-order valence-corrected chi connectivity index (χ4v) is 14.4. The van der Waals surface area contributed by atoms with Crippen LogP contribution in [0.1, 0.15) is 445 Å². The number of hydrogen-bond acceptors (Lipinski definition) is 15. The van der Waals surface area contributed by atoms with Crippen LogP contribution in [0.5, 0.6) is 0 Å². The number of ether oxygens (including phenoxy) is 4. The minimum Gasteiger partial charge on any atom is -0.462 e. The van der Waals surface area contributed by atoms with E-state index in [1.807, 2.05) is 0 Å². The van der Waals surface area contributed by atoms with Crippen molar-refractivity contribution in [3.05, 3.63) is 0 Å². The summed E-state index contributed by atoms with van der Waals surface area (Å²) < 4.78 is 68.8. The summed E-state index contributed by atoms with van der Waals surface area (Å²) in [4.78, 5) is 73.1. The van der Waals surface area contributed by atoms with Crippen molar-refractivity contribution in [2.75, 3.05) is 39.6 Å². The highest BCUT2D eigenvalue weighted by molar-refractivity contribution is 7.47. The Morgan fingerprint density at radius 2 is 0.396 bits per heavy atom. The van der Waals surface area contributed by atoms with Crippen molar-refractivity contribution in [3.63, 3.8) is 0 Å². The number of esters is 4. The first-order valence-electron chi connectivity index (χ1n) is 42.8. The first-order valence-corrected chi connectivity index (χ1v) is 45.8. The molecule has 2 unspecified atom stereocenters. The molecule has 0 aromatic carbocycles. The number of unbranched alkanes of at least 4 members (excludes halogenated alkanes) is 57. The van der Waals surface area contributed by atoms with Gasteiger partial charge in [-0.25, -0.2) is 9.13 Å². The van der Waals surface area contributed by atoms with Crippen LogP contribution in [0.3, 0.4) is 0 Å². The molecule has 0 spiro atoms. The Hall–Kier alpha value is -1.94. The van der Waals surface area contributed by atoms with Crippen LogP contribution in [0.4, 0.5) is 0 Å². The summed E-state index contributed by atoms with van der Waals surface area (Å²) in [6.45, 7) is 5.04. The first-order chi connectivity index (χ1) is 49.2. The van der Waals surface area contributed by atoms with E-state index in [2.05, 4.69) is 27.7 Å². The Labute approximate surface area is 619 Å². The van der Waals surface area contributed by atoms with E-state index in [4.69, 9.17) is 37.0 Å². The molecule has 17 nitrogen and oxygen atoms in total. The molecule has 0 amide bonds. The number of aliphatic hydroxyl groups is 1. The van der Waals surface area contributed by atoms with Crippen LogP contribution < -0.4 is 0 Å². The van der Waals surface area contributed by atoms with E-state index >= 15 is 0 Å². The van der Waals surface area contributed by atoms with Crippen molar-refractivity contribution in [3.8, 4) is 0 Å². The van der Waals surface area contributed by atoms with Gasteiger partial charge in [0, 0.05) is 25.7 Å². The van der Waals surface area contributed by atoms with E-state index < -0.39 is 97.5 Å². The zero-order valence-electron chi connectivity index (χ0n) is 65.9. The van der Waals surface area contributed by atoms with Crippen LogP contribution in [0.25, 0.3) is 0 Å². The molecule has 0 aromatic rings. The van der Waals surface area contributed by atoms with E-state index in [-0.39, 0.29) is 25.7 Å². The summed E-state index contributed by atoms with van der Waals surface area (Å²) in [5, 5.41) is 10.7. The van der Waals surface area contributed by atoms with Crippen LogP contribution in [-0.4, -0.2) is 96.7 Å². The molecule has 0 heterocycles. The van der Waals surface area contributed by atoms with Gasteiger partial charge >= 0.3 is 39.5 Å². The Morgan fingerprint density at radius 1 is 0.238 bits per heavy atom. The molecule has 600 valence electrons. The van der Waals surface area contributed by atoms with Crippen LogP contribution >= 0.6 is 15.6 Å². The highest BCUT2D eigenvalue weighted by Gasteiger charge is 2.30. The van der Waals surface area contributed by atoms with Gasteiger partial charge in [0.05, 0.1) is 26.4 Å². The molecular weight excluding hydrogens is 1320 g/mol. The van der Waals surface area contributed by atoms with Gasteiger partial charge in [-0.2, -0.15) is 0 Å². The third kappa shape index (κ3) is 76.1. The fraction of sp³-hybridized carbons (Fsp3) is 0.951. The predicted molar refractivity (Wildman–Crippen MR) is 414 cm³/mol. The monoisotopic (exact) mass is 1480 g/mol. The van der Waals surface area contributed by atoms with Gasteiger partial charge in [0.15, 0.2) is 12.2 Å². The van der Waals surface area contributed by atoms with E-state index in [1.165, 1.54) is 276 Å². The standard InChI is InChI=1S/C82H160O17P2/c1-5-9-13-17-21-25-29-32-35-37-39-41-44-47-51-55-59-63-67-80(85)93-73-78(99-82(87)69-65-61-57-53-49-45-42-40-38-36-33-30-26-22-18-14-10-6-2)75-97-101(90,91)95-71-76(83)70-94-100(88,89)96-74-77(72-92-79(84)66-62-58-54-50-46-28-24-20-16-12-8-4)98-81(86)68-64-60-56-52-48-43-34-31-27-23-19-15-11-7-3/h76-78,83H,5-75H2,1-4H3,(H,88,89)(H,90,91)/t76-,77+,78+/m0/s1. The van der Waals surface area contributed by atoms with Crippen LogP contribution in [0, 0.1) is 0 Å². The molecule has 5 atom stereocenters. The third-order valence-corrected chi connectivity index (χ3v) is 21.3. The number of phosphoric ester groups is 2. The topological polar surface area (TPSA) is 237 Å². The molecule has 0 fully saturated rings. The first kappa shape index (κ1) is 99.1. The molecule has 19 heteroatoms. The van der Waals surface area contributed by atoms with Crippen LogP contribution in [0.2, 0.25) is 0 Å². The van der Waals surface area contributed by atoms with Gasteiger partial charge in [0.25, 0.3) is 0 Å². The highest BCUT2D eigenvalue weighted by atomic mass is 31.2. The van der Waals surface area contributed by atoms with Crippen molar-refractivity contribution in [2.45, 2.75) is 463 Å². The minimum atomic E-state index is -4.96. The van der Waals surface area contributed by atoms with Gasteiger partial charge in [-0.05, 0) is 25.7 Å². The molecule has 0 radical (unpaired) electrons. The molecule has 0 bridgehead atoms. The summed E-state index contributed by atoms with van der Waals surface area (Å²) in [6.07, 6.45) is 69.3. The fourth-order valence-electron chi connectivity index (χ4n) is 12.8. The summed E-state index contributed by atoms with van der Waals surface area (Å²) >= 11 is 0. The average molecular weight is 1480 g/mol. The van der Waals surface area contributed by atoms with Crippen molar-refractivity contribution in [1.82, 2.24) is 0 Å². The molecule has 0 rings (SSSR count). The number of carbonyl (C=O) groups excluding carboxylic acids is 4. The van der Waals surface area contributed by atoms with Gasteiger partial charge in [0.2, 0.25) is 0 Å². The predicted octanol–water partition coefficient (Wildman–Crippen LogP) is 25.0. The smallest absolute Gasteiger partial charge is 0.462 e. The number of rotatable bonds is 83. The quantitative estimate of drug-likeness (QED) is 0.0222. The summed E-state index contributed by atoms with van der Waals surface area (Å²) in [5.41, 5.74) is 0. The highest BCUT2D eigenvalue weighted by Crippen LogP contribution is 2.45. The maximum atomic E-state index is 13.1. The summed E-state index contributed by atoms with van der Waals surface area (Å²) in [5.74, 6) is -2.10. The Balaban J connectivity index is 5.24. The number of hydrogen-bond donors (Lipinski definition) is 3. The molecule has 0 saturated carbocycles. The van der Waals surface area contributed by atoms with E-state index in [0.717, 1.165) is 89.9 Å². The van der Waals surface area contributed by atoms with Crippen molar-refractivity contribution >= 4 is 39.5 Å². The lowest BCUT2D eigenvalue weighted by Gasteiger charge is -2.21. The second-order valence-corrected chi connectivity index (χ2v) is 32.4. The molecule has 3 N–H and O–H groups in total. The zero-order chi connectivity index (χ0) is 73.9. The average Bonchev–Trinajstić information content (AvgIpc) is 0.960. The van der Waals surface area contributed by atoms with Crippen molar-refractivity contribution in [1.29, 1.82) is 0 Å².